The maximum absolute atomic E-state index is 11.4. The Morgan fingerprint density at radius 2 is 2.12 bits per heavy atom. The van der Waals surface area contributed by atoms with E-state index in [0.717, 1.165) is 16.5 Å². The minimum atomic E-state index is -0.929. The van der Waals surface area contributed by atoms with Crippen molar-refractivity contribution in [3.05, 3.63) is 41.0 Å². The lowest BCUT2D eigenvalue weighted by Gasteiger charge is -2.27. The Hall–Kier alpha value is -2.18. The molecule has 0 bridgehead atoms. The third kappa shape index (κ3) is 4.43. The maximum atomic E-state index is 11.4. The second-order valence-corrected chi connectivity index (χ2v) is 5.98. The van der Waals surface area contributed by atoms with E-state index in [2.05, 4.69) is 10.3 Å². The summed E-state index contributed by atoms with van der Waals surface area (Å²) < 4.78 is 0. The highest BCUT2D eigenvalue weighted by Gasteiger charge is 2.22. The molecule has 1 heterocycles. The van der Waals surface area contributed by atoms with E-state index in [-0.39, 0.29) is 5.91 Å². The Balaban J connectivity index is 2.29. The zero-order valence-corrected chi connectivity index (χ0v) is 14.4. The molecule has 128 valence electrons. The van der Waals surface area contributed by atoms with E-state index in [1.807, 2.05) is 18.2 Å². The molecule has 6 nitrogen and oxygen atoms in total. The number of carboxylic acids is 1. The number of halogens is 1. The van der Waals surface area contributed by atoms with Crippen LogP contribution >= 0.6 is 11.6 Å². The average molecular weight is 350 g/mol. The van der Waals surface area contributed by atoms with Gasteiger partial charge in [0.25, 0.3) is 0 Å². The molecule has 0 saturated heterocycles. The lowest BCUT2D eigenvalue weighted by atomic mass is 10.1. The molecule has 1 atom stereocenters. The highest BCUT2D eigenvalue weighted by Crippen LogP contribution is 2.26. The van der Waals surface area contributed by atoms with E-state index < -0.39 is 12.0 Å². The highest BCUT2D eigenvalue weighted by molar-refractivity contribution is 6.32. The first-order valence-electron chi connectivity index (χ1n) is 7.63. The standard InChI is InChI=1S/C17H20ClN3O3/c1-11(17(23)24)21(9-8-19-12(2)22)10-14-15(18)6-5-13-4-3-7-20-16(13)14/h3-7,11H,8-10H2,1-2H3,(H,19,22)(H,23,24). The normalized spacial score (nSPS) is 12.3. The Kier molecular flexibility index (Phi) is 6.11. The maximum Gasteiger partial charge on any atom is 0.320 e. The molecule has 2 rings (SSSR count). The number of aromatic nitrogens is 1. The molecule has 0 saturated carbocycles. The van der Waals surface area contributed by atoms with Crippen molar-refractivity contribution in [2.24, 2.45) is 0 Å². The first kappa shape index (κ1) is 18.2. The van der Waals surface area contributed by atoms with Crippen LogP contribution in [0.15, 0.2) is 30.5 Å². The van der Waals surface area contributed by atoms with Crippen molar-refractivity contribution in [3.63, 3.8) is 0 Å². The molecule has 2 aromatic rings. The third-order valence-corrected chi connectivity index (χ3v) is 4.22. The summed E-state index contributed by atoms with van der Waals surface area (Å²) in [7, 11) is 0. The summed E-state index contributed by atoms with van der Waals surface area (Å²) in [5.74, 6) is -1.08. The van der Waals surface area contributed by atoms with Crippen LogP contribution in [0.4, 0.5) is 0 Å². The van der Waals surface area contributed by atoms with Crippen molar-refractivity contribution in [3.8, 4) is 0 Å². The summed E-state index contributed by atoms with van der Waals surface area (Å²) in [5.41, 5.74) is 1.54. The summed E-state index contributed by atoms with van der Waals surface area (Å²) in [6.07, 6.45) is 1.68. The quantitative estimate of drug-likeness (QED) is 0.801. The van der Waals surface area contributed by atoms with Crippen molar-refractivity contribution < 1.29 is 14.7 Å². The Labute approximate surface area is 145 Å². The number of nitrogens with one attached hydrogen (secondary N) is 1. The molecular formula is C17H20ClN3O3. The summed E-state index contributed by atoms with van der Waals surface area (Å²) in [4.78, 5) is 28.6. The summed E-state index contributed by atoms with van der Waals surface area (Å²) in [6.45, 7) is 4.13. The van der Waals surface area contributed by atoms with E-state index in [0.29, 0.717) is 24.7 Å². The molecule has 0 radical (unpaired) electrons. The number of rotatable bonds is 7. The molecule has 0 aliphatic heterocycles. The van der Waals surface area contributed by atoms with Crippen LogP contribution in [-0.4, -0.2) is 46.0 Å². The van der Waals surface area contributed by atoms with Crippen molar-refractivity contribution >= 4 is 34.4 Å². The molecule has 0 spiro atoms. The zero-order valence-electron chi connectivity index (χ0n) is 13.6. The van der Waals surface area contributed by atoms with Crippen molar-refractivity contribution in [1.82, 2.24) is 15.2 Å². The van der Waals surface area contributed by atoms with E-state index >= 15 is 0 Å². The minimum absolute atomic E-state index is 0.150. The van der Waals surface area contributed by atoms with Gasteiger partial charge in [-0.2, -0.15) is 0 Å². The number of carbonyl (C=O) groups excluding carboxylic acids is 1. The number of hydrogen-bond donors (Lipinski definition) is 2. The average Bonchev–Trinajstić information content (AvgIpc) is 2.55. The minimum Gasteiger partial charge on any atom is -0.480 e. The first-order chi connectivity index (χ1) is 11.4. The van der Waals surface area contributed by atoms with Gasteiger partial charge in [-0.1, -0.05) is 23.7 Å². The number of aliphatic carboxylic acids is 1. The summed E-state index contributed by atoms with van der Waals surface area (Å²) in [6, 6.07) is 6.74. The first-order valence-corrected chi connectivity index (χ1v) is 8.01. The van der Waals surface area contributed by atoms with Gasteiger partial charge in [0.15, 0.2) is 0 Å². The molecule has 0 aliphatic carbocycles. The van der Waals surface area contributed by atoms with Gasteiger partial charge in [0.2, 0.25) is 5.91 Å². The highest BCUT2D eigenvalue weighted by atomic mass is 35.5. The van der Waals surface area contributed by atoms with Crippen molar-refractivity contribution in [2.45, 2.75) is 26.4 Å². The van der Waals surface area contributed by atoms with Crippen LogP contribution < -0.4 is 5.32 Å². The number of nitrogens with zero attached hydrogens (tertiary/aromatic N) is 2. The van der Waals surface area contributed by atoms with Crippen molar-refractivity contribution in [2.75, 3.05) is 13.1 Å². The fourth-order valence-electron chi connectivity index (χ4n) is 2.48. The summed E-state index contributed by atoms with van der Waals surface area (Å²) >= 11 is 6.33. The molecule has 1 aromatic heterocycles. The topological polar surface area (TPSA) is 82.5 Å². The molecule has 1 unspecified atom stereocenters. The molecule has 0 aliphatic rings. The Morgan fingerprint density at radius 3 is 2.79 bits per heavy atom. The third-order valence-electron chi connectivity index (χ3n) is 3.86. The smallest absolute Gasteiger partial charge is 0.320 e. The molecule has 0 fully saturated rings. The van der Waals surface area contributed by atoms with Gasteiger partial charge in [-0.25, -0.2) is 0 Å². The summed E-state index contributed by atoms with van der Waals surface area (Å²) in [5, 5.41) is 13.5. The van der Waals surface area contributed by atoms with Crippen LogP contribution in [0.5, 0.6) is 0 Å². The van der Waals surface area contributed by atoms with Crippen LogP contribution in [0.3, 0.4) is 0 Å². The Morgan fingerprint density at radius 1 is 1.38 bits per heavy atom. The van der Waals surface area contributed by atoms with Gasteiger partial charge in [0, 0.05) is 48.7 Å². The predicted molar refractivity (Wildman–Crippen MR) is 92.9 cm³/mol. The number of carbonyl (C=O) groups is 2. The van der Waals surface area contributed by atoms with E-state index in [1.165, 1.54) is 6.92 Å². The van der Waals surface area contributed by atoms with Crippen LogP contribution in [0.2, 0.25) is 5.02 Å². The number of amides is 1. The number of fused-ring (bicyclic) bond motifs is 1. The van der Waals surface area contributed by atoms with Crippen LogP contribution in [-0.2, 0) is 16.1 Å². The molecule has 2 N–H and O–H groups in total. The predicted octanol–water partition coefficient (Wildman–Crippen LogP) is 2.30. The lowest BCUT2D eigenvalue weighted by Crippen LogP contribution is -2.42. The zero-order chi connectivity index (χ0) is 17.7. The van der Waals surface area contributed by atoms with Gasteiger partial charge < -0.3 is 10.4 Å². The van der Waals surface area contributed by atoms with E-state index in [1.54, 1.807) is 24.1 Å². The SMILES string of the molecule is CC(=O)NCCN(Cc1c(Cl)ccc2cccnc12)C(C)C(=O)O. The van der Waals surface area contributed by atoms with Gasteiger partial charge in [-0.15, -0.1) is 0 Å². The van der Waals surface area contributed by atoms with E-state index in [4.69, 9.17) is 11.6 Å². The largest absolute Gasteiger partial charge is 0.480 e. The molecule has 1 amide bonds. The molecule has 1 aromatic carbocycles. The van der Waals surface area contributed by atoms with Crippen LogP contribution in [0, 0.1) is 0 Å². The van der Waals surface area contributed by atoms with Gasteiger partial charge >= 0.3 is 5.97 Å². The van der Waals surface area contributed by atoms with E-state index in [9.17, 15) is 14.7 Å². The molecule has 24 heavy (non-hydrogen) atoms. The number of benzene rings is 1. The monoisotopic (exact) mass is 349 g/mol. The van der Waals surface area contributed by atoms with Gasteiger partial charge in [0.1, 0.15) is 6.04 Å². The molecule has 7 heteroatoms. The fraction of sp³-hybridized carbons (Fsp3) is 0.353. The second kappa shape index (κ2) is 8.08. The fourth-order valence-corrected chi connectivity index (χ4v) is 2.69. The number of hydrogen-bond acceptors (Lipinski definition) is 4. The second-order valence-electron chi connectivity index (χ2n) is 5.57. The number of pyridine rings is 1. The van der Waals surface area contributed by atoms with Crippen LogP contribution in [0.25, 0.3) is 10.9 Å². The van der Waals surface area contributed by atoms with Crippen LogP contribution in [0.1, 0.15) is 19.4 Å². The van der Waals surface area contributed by atoms with Gasteiger partial charge in [0.05, 0.1) is 5.52 Å². The molecular weight excluding hydrogens is 330 g/mol. The lowest BCUT2D eigenvalue weighted by molar-refractivity contribution is -0.142. The van der Waals surface area contributed by atoms with Gasteiger partial charge in [-0.3, -0.25) is 19.5 Å². The number of carboxylic acid groups (broad SMARTS) is 1. The van der Waals surface area contributed by atoms with Crippen molar-refractivity contribution in [1.29, 1.82) is 0 Å². The Bertz CT molecular complexity index is 751. The van der Waals surface area contributed by atoms with Gasteiger partial charge in [-0.05, 0) is 19.1 Å².